The van der Waals surface area contributed by atoms with Crippen molar-refractivity contribution in [3.8, 4) is 0 Å². The van der Waals surface area contributed by atoms with Crippen LogP contribution < -0.4 is 4.90 Å². The van der Waals surface area contributed by atoms with Crippen LogP contribution in [-0.2, 0) is 15.3 Å². The highest BCUT2D eigenvalue weighted by Gasteiger charge is 2.40. The summed E-state index contributed by atoms with van der Waals surface area (Å²) in [6.45, 7) is 8.60. The second kappa shape index (κ2) is 7.38. The number of nitrogens with zero attached hydrogens (tertiary/aromatic N) is 1. The molecule has 2 aliphatic rings. The van der Waals surface area contributed by atoms with Gasteiger partial charge in [-0.15, -0.1) is 0 Å². The molecule has 0 saturated heterocycles. The lowest BCUT2D eigenvalue weighted by atomic mass is 9.83. The van der Waals surface area contributed by atoms with Gasteiger partial charge in [0.15, 0.2) is 15.6 Å². The van der Waals surface area contributed by atoms with E-state index in [1.54, 1.807) is 0 Å². The zero-order chi connectivity index (χ0) is 21.7. The first-order valence-corrected chi connectivity index (χ1v) is 12.5. The Hall–Kier alpha value is -2.40. The van der Waals surface area contributed by atoms with Gasteiger partial charge < -0.3 is 4.90 Å². The highest BCUT2D eigenvalue weighted by molar-refractivity contribution is 7.91. The molecule has 0 radical (unpaired) electrons. The second-order valence-corrected chi connectivity index (χ2v) is 11.4. The van der Waals surface area contributed by atoms with Gasteiger partial charge in [-0.2, -0.15) is 0 Å². The number of benzene rings is 2. The molecule has 30 heavy (non-hydrogen) atoms. The molecule has 1 saturated carbocycles. The number of allylic oxidation sites excluding steroid dienone is 1. The van der Waals surface area contributed by atoms with Crippen molar-refractivity contribution in [1.82, 2.24) is 0 Å². The van der Waals surface area contributed by atoms with Crippen molar-refractivity contribution in [2.24, 2.45) is 5.92 Å². The minimum Gasteiger partial charge on any atom is -0.314 e. The lowest BCUT2D eigenvalue weighted by molar-refractivity contribution is 0.0962. The fourth-order valence-electron chi connectivity index (χ4n) is 5.01. The first-order chi connectivity index (χ1) is 14.1. The third kappa shape index (κ3) is 3.49. The van der Waals surface area contributed by atoms with E-state index in [1.807, 2.05) is 36.4 Å². The molecule has 158 valence electrons. The number of hydrogen-bond acceptors (Lipinski definition) is 4. The summed E-state index contributed by atoms with van der Waals surface area (Å²) in [7, 11) is -3.12. The minimum absolute atomic E-state index is 0.0259. The van der Waals surface area contributed by atoms with E-state index in [2.05, 4.69) is 37.5 Å². The van der Waals surface area contributed by atoms with Crippen LogP contribution in [0.2, 0.25) is 0 Å². The summed E-state index contributed by atoms with van der Waals surface area (Å²) in [6, 6.07) is 16.0. The van der Waals surface area contributed by atoms with Gasteiger partial charge in [0.25, 0.3) is 0 Å². The average molecular weight is 424 g/mol. The summed E-state index contributed by atoms with van der Waals surface area (Å²) in [5.41, 5.74) is 4.50. The van der Waals surface area contributed by atoms with E-state index < -0.39 is 9.84 Å². The highest BCUT2D eigenvalue weighted by Crippen LogP contribution is 2.50. The molecular formula is C25H29NO3S. The number of anilines is 2. The molecule has 1 aliphatic heterocycles. The van der Waals surface area contributed by atoms with Crippen molar-refractivity contribution in [3.05, 3.63) is 71.9 Å². The molecule has 2 aromatic carbocycles. The number of hydrogen-bond donors (Lipinski definition) is 0. The lowest BCUT2D eigenvalue weighted by Gasteiger charge is -2.25. The maximum Gasteiger partial charge on any atom is 0.163 e. The Morgan fingerprint density at radius 2 is 1.83 bits per heavy atom. The molecule has 0 amide bonds. The van der Waals surface area contributed by atoms with Crippen LogP contribution in [0.3, 0.4) is 0 Å². The molecule has 5 heteroatoms. The fourth-order valence-corrected chi connectivity index (χ4v) is 6.54. The number of fused-ring (bicyclic) bond motifs is 1. The molecule has 0 bridgehead atoms. The van der Waals surface area contributed by atoms with E-state index in [9.17, 15) is 13.2 Å². The second-order valence-electron chi connectivity index (χ2n) is 9.16. The van der Waals surface area contributed by atoms with Gasteiger partial charge >= 0.3 is 0 Å². The summed E-state index contributed by atoms with van der Waals surface area (Å²) in [5, 5.41) is -0.388. The van der Waals surface area contributed by atoms with Gasteiger partial charge in [0.1, 0.15) is 0 Å². The summed E-state index contributed by atoms with van der Waals surface area (Å²) >= 11 is 0. The Labute approximate surface area is 179 Å². The van der Waals surface area contributed by atoms with E-state index in [1.165, 1.54) is 6.26 Å². The molecule has 2 atom stereocenters. The van der Waals surface area contributed by atoms with Crippen molar-refractivity contribution in [2.45, 2.75) is 50.2 Å². The van der Waals surface area contributed by atoms with Crippen molar-refractivity contribution < 1.29 is 13.2 Å². The Morgan fingerprint density at radius 3 is 2.50 bits per heavy atom. The zero-order valence-electron chi connectivity index (χ0n) is 17.9. The predicted octanol–water partition coefficient (Wildman–Crippen LogP) is 5.42. The molecule has 0 unspecified atom stereocenters. The normalized spacial score (nSPS) is 22.9. The van der Waals surface area contributed by atoms with Crippen LogP contribution in [0.15, 0.2) is 60.8 Å². The van der Waals surface area contributed by atoms with Crippen molar-refractivity contribution >= 4 is 27.0 Å². The Bertz CT molecular complexity index is 1100. The third-order valence-electron chi connectivity index (χ3n) is 6.83. The van der Waals surface area contributed by atoms with Gasteiger partial charge in [-0.1, -0.05) is 45.0 Å². The van der Waals surface area contributed by atoms with E-state index in [0.717, 1.165) is 35.5 Å². The Morgan fingerprint density at radius 1 is 1.13 bits per heavy atom. The third-order valence-corrected chi connectivity index (χ3v) is 8.55. The molecule has 0 N–H and O–H groups in total. The predicted molar refractivity (Wildman–Crippen MR) is 122 cm³/mol. The molecule has 0 spiro atoms. The molecule has 2 aromatic rings. The van der Waals surface area contributed by atoms with Gasteiger partial charge in [0.05, 0.1) is 5.25 Å². The first-order valence-electron chi connectivity index (χ1n) is 10.5. The van der Waals surface area contributed by atoms with E-state index in [-0.39, 0.29) is 22.4 Å². The van der Waals surface area contributed by atoms with Crippen LogP contribution in [0, 0.1) is 5.92 Å². The standard InChI is InChI=1S/C25H29NO3S/c1-17-25(2,3)21-15-18(13-14-22(21)26(17)20-10-6-5-7-11-20)23(27)16-19-9-8-12-24(19)30(4,28)29/h5-7,10-11,13-15,19,24H,1,8-9,12,16H2,2-4H3/t19-,24+/m0/s1. The molecule has 4 rings (SSSR count). The van der Waals surface area contributed by atoms with E-state index >= 15 is 0 Å². The molecule has 1 fully saturated rings. The van der Waals surface area contributed by atoms with Crippen LogP contribution in [0.5, 0.6) is 0 Å². The summed E-state index contributed by atoms with van der Waals surface area (Å²) < 4.78 is 24.2. The summed E-state index contributed by atoms with van der Waals surface area (Å²) in [6.07, 6.45) is 3.93. The number of carbonyl (C=O) groups excluding carboxylic acids is 1. The molecule has 1 heterocycles. The average Bonchev–Trinajstić information content (AvgIpc) is 3.24. The zero-order valence-corrected chi connectivity index (χ0v) is 18.7. The van der Waals surface area contributed by atoms with Crippen LogP contribution in [-0.4, -0.2) is 25.7 Å². The van der Waals surface area contributed by atoms with Gasteiger partial charge in [-0.25, -0.2) is 8.42 Å². The molecule has 4 nitrogen and oxygen atoms in total. The van der Waals surface area contributed by atoms with Crippen LogP contribution >= 0.6 is 0 Å². The van der Waals surface area contributed by atoms with Crippen molar-refractivity contribution in [1.29, 1.82) is 0 Å². The minimum atomic E-state index is -3.12. The van der Waals surface area contributed by atoms with Gasteiger partial charge in [0.2, 0.25) is 0 Å². The first kappa shape index (κ1) is 20.9. The lowest BCUT2D eigenvalue weighted by Crippen LogP contribution is -2.26. The number of para-hydroxylation sites is 1. The highest BCUT2D eigenvalue weighted by atomic mass is 32.2. The number of ketones is 1. The van der Waals surface area contributed by atoms with Crippen LogP contribution in [0.1, 0.15) is 55.5 Å². The number of rotatable bonds is 5. The van der Waals surface area contributed by atoms with Gasteiger partial charge in [0, 0.05) is 40.7 Å². The van der Waals surface area contributed by atoms with Crippen molar-refractivity contribution in [3.63, 3.8) is 0 Å². The Kier molecular flexibility index (Phi) is 5.13. The van der Waals surface area contributed by atoms with Crippen LogP contribution in [0.4, 0.5) is 11.4 Å². The molecular weight excluding hydrogens is 394 g/mol. The largest absolute Gasteiger partial charge is 0.314 e. The smallest absolute Gasteiger partial charge is 0.163 e. The van der Waals surface area contributed by atoms with E-state index in [0.29, 0.717) is 18.4 Å². The quantitative estimate of drug-likeness (QED) is 0.603. The van der Waals surface area contributed by atoms with Gasteiger partial charge in [-0.3, -0.25) is 4.79 Å². The van der Waals surface area contributed by atoms with Crippen molar-refractivity contribution in [2.75, 3.05) is 11.2 Å². The maximum absolute atomic E-state index is 13.1. The monoisotopic (exact) mass is 423 g/mol. The molecule has 0 aromatic heterocycles. The van der Waals surface area contributed by atoms with E-state index in [4.69, 9.17) is 0 Å². The SMILES string of the molecule is C=C1N(c2ccccc2)c2ccc(C(=O)C[C@@H]3CCC[C@H]3S(C)(=O)=O)cc2C1(C)C. The number of Topliss-reactive ketones (excluding diaryl/α,β-unsaturated/α-hetero) is 1. The summed E-state index contributed by atoms with van der Waals surface area (Å²) in [5.74, 6) is -0.0533. The van der Waals surface area contributed by atoms with Crippen LogP contribution in [0.25, 0.3) is 0 Å². The molecule has 1 aliphatic carbocycles. The fraction of sp³-hybridized carbons (Fsp3) is 0.400. The van der Waals surface area contributed by atoms with Gasteiger partial charge in [-0.05, 0) is 54.7 Å². The topological polar surface area (TPSA) is 54.5 Å². The maximum atomic E-state index is 13.1. The number of sulfone groups is 1. The summed E-state index contributed by atoms with van der Waals surface area (Å²) in [4.78, 5) is 15.2. The Balaban J connectivity index is 1.65. The number of carbonyl (C=O) groups is 1.